The van der Waals surface area contributed by atoms with E-state index < -0.39 is 0 Å². The van der Waals surface area contributed by atoms with E-state index in [9.17, 15) is 4.79 Å². The minimum Gasteiger partial charge on any atom is -0.353 e. The summed E-state index contributed by atoms with van der Waals surface area (Å²) in [4.78, 5) is 20.8. The second-order valence-corrected chi connectivity index (χ2v) is 6.57. The Morgan fingerprint density at radius 2 is 1.96 bits per heavy atom. The van der Waals surface area contributed by atoms with Crippen LogP contribution in [0.4, 0.5) is 5.82 Å². The molecule has 0 radical (unpaired) electrons. The molecule has 23 heavy (non-hydrogen) atoms. The van der Waals surface area contributed by atoms with E-state index >= 15 is 0 Å². The fourth-order valence-corrected chi connectivity index (χ4v) is 3.61. The first kappa shape index (κ1) is 15.8. The van der Waals surface area contributed by atoms with Gasteiger partial charge in [0, 0.05) is 38.8 Å². The van der Waals surface area contributed by atoms with Crippen molar-refractivity contribution in [1.82, 2.24) is 9.88 Å². The third-order valence-electron chi connectivity index (χ3n) is 5.07. The van der Waals surface area contributed by atoms with Crippen molar-refractivity contribution in [1.29, 1.82) is 5.26 Å². The molecular weight excluding hydrogens is 288 g/mol. The summed E-state index contributed by atoms with van der Waals surface area (Å²) in [6, 6.07) is 5.76. The Balaban J connectivity index is 1.45. The number of hydrogen-bond donors (Lipinski definition) is 0. The summed E-state index contributed by atoms with van der Waals surface area (Å²) in [5.74, 6) is 1.98. The first-order valence-electron chi connectivity index (χ1n) is 8.65. The van der Waals surface area contributed by atoms with Crippen molar-refractivity contribution in [3.63, 3.8) is 0 Å². The van der Waals surface area contributed by atoms with Crippen LogP contribution in [-0.4, -0.2) is 42.0 Å². The van der Waals surface area contributed by atoms with Crippen LogP contribution < -0.4 is 4.90 Å². The smallest absolute Gasteiger partial charge is 0.222 e. The minimum absolute atomic E-state index is 0.310. The molecule has 0 atom stereocenters. The van der Waals surface area contributed by atoms with Crippen molar-refractivity contribution in [3.8, 4) is 6.07 Å². The summed E-state index contributed by atoms with van der Waals surface area (Å²) in [5.41, 5.74) is 0.578. The quantitative estimate of drug-likeness (QED) is 0.857. The number of piperazine rings is 1. The number of anilines is 1. The molecule has 1 aliphatic carbocycles. The van der Waals surface area contributed by atoms with Crippen molar-refractivity contribution in [2.45, 2.75) is 38.5 Å². The van der Waals surface area contributed by atoms with Gasteiger partial charge < -0.3 is 9.80 Å². The van der Waals surface area contributed by atoms with Gasteiger partial charge in [0.1, 0.15) is 11.9 Å². The fraction of sp³-hybridized carbons (Fsp3) is 0.611. The van der Waals surface area contributed by atoms with Gasteiger partial charge in [0.05, 0.1) is 5.56 Å². The number of rotatable bonds is 4. The Morgan fingerprint density at radius 1 is 1.22 bits per heavy atom. The van der Waals surface area contributed by atoms with Crippen LogP contribution in [0.25, 0.3) is 0 Å². The second-order valence-electron chi connectivity index (χ2n) is 6.57. The number of nitrogens with zero attached hydrogens (tertiary/aromatic N) is 4. The third kappa shape index (κ3) is 4.01. The minimum atomic E-state index is 0.310. The molecule has 1 amide bonds. The third-order valence-corrected chi connectivity index (χ3v) is 5.07. The van der Waals surface area contributed by atoms with Gasteiger partial charge in [-0.05, 0) is 24.5 Å². The molecule has 0 aromatic carbocycles. The number of amides is 1. The van der Waals surface area contributed by atoms with Crippen LogP contribution in [0.15, 0.2) is 18.3 Å². The summed E-state index contributed by atoms with van der Waals surface area (Å²) in [7, 11) is 0. The Bertz CT molecular complexity index is 564. The second kappa shape index (κ2) is 7.45. The molecule has 122 valence electrons. The highest BCUT2D eigenvalue weighted by atomic mass is 16.2. The van der Waals surface area contributed by atoms with E-state index in [1.54, 1.807) is 12.3 Å². The number of hydrogen-bond acceptors (Lipinski definition) is 4. The maximum atomic E-state index is 12.3. The molecule has 0 bridgehead atoms. The van der Waals surface area contributed by atoms with Gasteiger partial charge in [0.2, 0.25) is 5.91 Å². The number of aromatic nitrogens is 1. The van der Waals surface area contributed by atoms with E-state index in [2.05, 4.69) is 16.0 Å². The van der Waals surface area contributed by atoms with Crippen LogP contribution >= 0.6 is 0 Å². The molecule has 1 aliphatic heterocycles. The predicted molar refractivity (Wildman–Crippen MR) is 88.9 cm³/mol. The molecule has 0 N–H and O–H groups in total. The molecule has 2 fully saturated rings. The first-order valence-corrected chi connectivity index (χ1v) is 8.65. The van der Waals surface area contributed by atoms with E-state index in [-0.39, 0.29) is 0 Å². The van der Waals surface area contributed by atoms with Gasteiger partial charge >= 0.3 is 0 Å². The van der Waals surface area contributed by atoms with E-state index in [0.29, 0.717) is 17.9 Å². The lowest BCUT2D eigenvalue weighted by Gasteiger charge is -2.35. The van der Waals surface area contributed by atoms with Gasteiger partial charge in [-0.1, -0.05) is 25.7 Å². The fourth-order valence-electron chi connectivity index (χ4n) is 3.61. The lowest BCUT2D eigenvalue weighted by Crippen LogP contribution is -2.49. The molecule has 3 rings (SSSR count). The monoisotopic (exact) mass is 312 g/mol. The summed E-state index contributed by atoms with van der Waals surface area (Å²) in [5, 5.41) is 8.82. The SMILES string of the molecule is N#Cc1ccc(N2CCN(C(=O)CCC3CCCC3)CC2)nc1. The summed E-state index contributed by atoms with van der Waals surface area (Å²) >= 11 is 0. The van der Waals surface area contributed by atoms with Crippen LogP contribution in [0.2, 0.25) is 0 Å². The van der Waals surface area contributed by atoms with Gasteiger partial charge in [-0.15, -0.1) is 0 Å². The van der Waals surface area contributed by atoms with Crippen molar-refractivity contribution in [2.24, 2.45) is 5.92 Å². The Kier molecular flexibility index (Phi) is 5.12. The summed E-state index contributed by atoms with van der Waals surface area (Å²) < 4.78 is 0. The van der Waals surface area contributed by atoms with E-state index in [1.807, 2.05) is 11.0 Å². The van der Waals surface area contributed by atoms with E-state index in [1.165, 1.54) is 25.7 Å². The van der Waals surface area contributed by atoms with Gasteiger partial charge in [0.15, 0.2) is 0 Å². The maximum Gasteiger partial charge on any atom is 0.222 e. The van der Waals surface area contributed by atoms with Gasteiger partial charge in [-0.25, -0.2) is 4.98 Å². The zero-order valence-corrected chi connectivity index (χ0v) is 13.6. The van der Waals surface area contributed by atoms with Crippen LogP contribution in [0.5, 0.6) is 0 Å². The Labute approximate surface area is 137 Å². The molecule has 2 heterocycles. The highest BCUT2D eigenvalue weighted by molar-refractivity contribution is 5.76. The highest BCUT2D eigenvalue weighted by Crippen LogP contribution is 2.28. The van der Waals surface area contributed by atoms with Crippen molar-refractivity contribution in [2.75, 3.05) is 31.1 Å². The summed E-state index contributed by atoms with van der Waals surface area (Å²) in [6.07, 6.45) is 8.69. The normalized spacial score (nSPS) is 18.9. The molecule has 2 aliphatic rings. The zero-order chi connectivity index (χ0) is 16.1. The molecule has 0 unspecified atom stereocenters. The van der Waals surface area contributed by atoms with Crippen molar-refractivity contribution < 1.29 is 4.79 Å². The Hall–Kier alpha value is -2.09. The largest absolute Gasteiger partial charge is 0.353 e. The average molecular weight is 312 g/mol. The number of pyridine rings is 1. The molecule has 1 aromatic heterocycles. The molecular formula is C18H24N4O. The number of nitriles is 1. The molecule has 5 nitrogen and oxygen atoms in total. The van der Waals surface area contributed by atoms with E-state index in [0.717, 1.165) is 44.3 Å². The lowest BCUT2D eigenvalue weighted by atomic mass is 10.0. The standard InChI is InChI=1S/C18H24N4O/c19-13-16-5-7-17(20-14-16)21-9-11-22(12-10-21)18(23)8-6-15-3-1-2-4-15/h5,7,14-15H,1-4,6,8-12H2. The maximum absolute atomic E-state index is 12.3. The molecule has 5 heteroatoms. The van der Waals surface area contributed by atoms with Crippen molar-refractivity contribution in [3.05, 3.63) is 23.9 Å². The van der Waals surface area contributed by atoms with Crippen LogP contribution in [0.3, 0.4) is 0 Å². The topological polar surface area (TPSA) is 60.2 Å². The van der Waals surface area contributed by atoms with Gasteiger partial charge in [0.25, 0.3) is 0 Å². The van der Waals surface area contributed by atoms with Crippen LogP contribution in [0.1, 0.15) is 44.1 Å². The number of carbonyl (C=O) groups is 1. The molecule has 1 aromatic rings. The van der Waals surface area contributed by atoms with E-state index in [4.69, 9.17) is 5.26 Å². The van der Waals surface area contributed by atoms with Crippen molar-refractivity contribution >= 4 is 11.7 Å². The molecule has 0 spiro atoms. The van der Waals surface area contributed by atoms with Gasteiger partial charge in [-0.3, -0.25) is 4.79 Å². The lowest BCUT2D eigenvalue weighted by molar-refractivity contribution is -0.131. The highest BCUT2D eigenvalue weighted by Gasteiger charge is 2.23. The predicted octanol–water partition coefficient (Wildman–Crippen LogP) is 2.57. The summed E-state index contributed by atoms with van der Waals surface area (Å²) in [6.45, 7) is 3.17. The average Bonchev–Trinajstić information content (AvgIpc) is 3.13. The number of carbonyl (C=O) groups excluding carboxylic acids is 1. The van der Waals surface area contributed by atoms with Crippen LogP contribution in [-0.2, 0) is 4.79 Å². The molecule has 1 saturated heterocycles. The van der Waals surface area contributed by atoms with Crippen LogP contribution in [0, 0.1) is 17.2 Å². The zero-order valence-electron chi connectivity index (χ0n) is 13.6. The Morgan fingerprint density at radius 3 is 2.57 bits per heavy atom. The molecule has 1 saturated carbocycles. The first-order chi connectivity index (χ1) is 11.3. The van der Waals surface area contributed by atoms with Gasteiger partial charge in [-0.2, -0.15) is 5.26 Å².